The van der Waals surface area contributed by atoms with Gasteiger partial charge in [0.15, 0.2) is 0 Å². The average Bonchev–Trinajstić information content (AvgIpc) is 3.84. The number of fused-ring (bicyclic) bond motifs is 4. The molecule has 1 aliphatic rings. The summed E-state index contributed by atoms with van der Waals surface area (Å²) in [5.74, 6) is 1.34. The first-order chi connectivity index (χ1) is 31.3. The standard InChI is InChI=1S/C58H52F2N4O/c1-36(2)50-30-41(39-26-43(59)32-44(60)27-39)31-51(37(3)4)57(50)63-35-62(53-19-10-11-20-54(53)63)45-28-40(38-15-14-16-42(25-38)58(5,6)7)29-47(33-45)65-46-22-23-49-48-17-8-9-18-52(48)64(55(49)34-46)56-21-12-13-24-61-56/h8-34,36-37H,35H2,1-7H3. The zero-order valence-electron chi connectivity index (χ0n) is 37.9. The van der Waals surface area contributed by atoms with Crippen molar-refractivity contribution in [2.24, 2.45) is 0 Å². The Morgan fingerprint density at radius 2 is 1.18 bits per heavy atom. The second-order valence-corrected chi connectivity index (χ2v) is 18.8. The van der Waals surface area contributed by atoms with E-state index in [0.29, 0.717) is 23.7 Å². The minimum absolute atomic E-state index is 0.0382. The van der Waals surface area contributed by atoms with Crippen LogP contribution in [0.3, 0.4) is 0 Å². The molecule has 7 heteroatoms. The predicted molar refractivity (Wildman–Crippen MR) is 265 cm³/mol. The summed E-state index contributed by atoms with van der Waals surface area (Å²) in [4.78, 5) is 9.52. The number of hydrogen-bond acceptors (Lipinski definition) is 4. The number of aromatic nitrogens is 2. The number of rotatable bonds is 9. The molecule has 324 valence electrons. The van der Waals surface area contributed by atoms with Crippen molar-refractivity contribution in [3.8, 4) is 39.6 Å². The lowest BCUT2D eigenvalue weighted by molar-refractivity contribution is 0.483. The van der Waals surface area contributed by atoms with Crippen LogP contribution in [0.4, 0.5) is 31.5 Å². The van der Waals surface area contributed by atoms with E-state index in [1.807, 2.05) is 24.4 Å². The van der Waals surface area contributed by atoms with Crippen LogP contribution < -0.4 is 14.5 Å². The lowest BCUT2D eigenvalue weighted by atomic mass is 9.85. The quantitative estimate of drug-likeness (QED) is 0.145. The summed E-state index contributed by atoms with van der Waals surface area (Å²) in [6.07, 6.45) is 1.83. The van der Waals surface area contributed by atoms with Gasteiger partial charge < -0.3 is 14.5 Å². The van der Waals surface area contributed by atoms with Gasteiger partial charge in [0.1, 0.15) is 35.6 Å². The highest BCUT2D eigenvalue weighted by Crippen LogP contribution is 2.50. The first-order valence-electron chi connectivity index (χ1n) is 22.5. The Labute approximate surface area is 380 Å². The molecule has 10 rings (SSSR count). The van der Waals surface area contributed by atoms with E-state index in [2.05, 4.69) is 184 Å². The Balaban J connectivity index is 1.11. The molecule has 0 bridgehead atoms. The molecule has 0 saturated carbocycles. The number of pyridine rings is 1. The van der Waals surface area contributed by atoms with Gasteiger partial charge in [-0.05, 0) is 135 Å². The molecule has 0 fully saturated rings. The summed E-state index contributed by atoms with van der Waals surface area (Å²) in [6, 6.07) is 52.6. The molecule has 0 saturated heterocycles. The Morgan fingerprint density at radius 3 is 1.88 bits per heavy atom. The molecule has 0 unspecified atom stereocenters. The van der Waals surface area contributed by atoms with Crippen molar-refractivity contribution < 1.29 is 13.5 Å². The molecule has 1 aliphatic heterocycles. The number of hydrogen-bond donors (Lipinski definition) is 0. The van der Waals surface area contributed by atoms with Crippen LogP contribution in [0.25, 0.3) is 49.9 Å². The highest BCUT2D eigenvalue weighted by Gasteiger charge is 2.33. The average molecular weight is 859 g/mol. The van der Waals surface area contributed by atoms with Gasteiger partial charge in [-0.15, -0.1) is 0 Å². The maximum Gasteiger partial charge on any atom is 0.137 e. The molecule has 0 N–H and O–H groups in total. The topological polar surface area (TPSA) is 33.5 Å². The van der Waals surface area contributed by atoms with Crippen LogP contribution in [0.1, 0.15) is 77.0 Å². The van der Waals surface area contributed by atoms with Crippen LogP contribution in [0.2, 0.25) is 0 Å². The Kier molecular flexibility index (Phi) is 10.5. The van der Waals surface area contributed by atoms with Crippen molar-refractivity contribution in [3.05, 3.63) is 192 Å². The summed E-state index contributed by atoms with van der Waals surface area (Å²) >= 11 is 0. The van der Waals surface area contributed by atoms with Crippen LogP contribution in [0.5, 0.6) is 11.5 Å². The van der Waals surface area contributed by atoms with Crippen molar-refractivity contribution in [1.29, 1.82) is 0 Å². The first-order valence-corrected chi connectivity index (χ1v) is 22.5. The Hall–Kier alpha value is -7.25. The fourth-order valence-corrected chi connectivity index (χ4v) is 9.40. The lowest BCUT2D eigenvalue weighted by Crippen LogP contribution is -2.26. The number of halogens is 2. The summed E-state index contributed by atoms with van der Waals surface area (Å²) < 4.78 is 38.4. The summed E-state index contributed by atoms with van der Waals surface area (Å²) in [5.41, 5.74) is 13.3. The van der Waals surface area contributed by atoms with Crippen molar-refractivity contribution in [1.82, 2.24) is 9.55 Å². The van der Waals surface area contributed by atoms with Gasteiger partial charge in [-0.3, -0.25) is 4.57 Å². The van der Waals surface area contributed by atoms with E-state index in [1.54, 1.807) is 0 Å². The van der Waals surface area contributed by atoms with Gasteiger partial charge in [0.05, 0.1) is 22.4 Å². The van der Waals surface area contributed by atoms with Gasteiger partial charge in [0, 0.05) is 46.5 Å². The maximum atomic E-state index is 14.6. The molecule has 3 heterocycles. The van der Waals surface area contributed by atoms with Crippen molar-refractivity contribution in [3.63, 3.8) is 0 Å². The third-order valence-corrected chi connectivity index (χ3v) is 12.6. The molecule has 7 aromatic carbocycles. The normalized spacial score (nSPS) is 12.8. The highest BCUT2D eigenvalue weighted by atomic mass is 19.1. The minimum Gasteiger partial charge on any atom is -0.457 e. The number of anilines is 4. The Bertz CT molecular complexity index is 3210. The third-order valence-electron chi connectivity index (χ3n) is 12.6. The molecule has 0 aliphatic carbocycles. The number of para-hydroxylation sites is 3. The van der Waals surface area contributed by atoms with E-state index in [9.17, 15) is 8.78 Å². The molecule has 0 spiro atoms. The summed E-state index contributed by atoms with van der Waals surface area (Å²) in [5, 5.41) is 2.28. The van der Waals surface area contributed by atoms with E-state index in [-0.39, 0.29) is 17.3 Å². The van der Waals surface area contributed by atoms with Crippen molar-refractivity contribution >= 4 is 44.6 Å². The van der Waals surface area contributed by atoms with E-state index in [1.165, 1.54) is 17.7 Å². The highest BCUT2D eigenvalue weighted by molar-refractivity contribution is 6.09. The van der Waals surface area contributed by atoms with E-state index < -0.39 is 11.6 Å². The van der Waals surface area contributed by atoms with Crippen molar-refractivity contribution in [2.45, 2.75) is 65.7 Å². The van der Waals surface area contributed by atoms with E-state index >= 15 is 0 Å². The van der Waals surface area contributed by atoms with E-state index in [4.69, 9.17) is 9.72 Å². The second kappa shape index (κ2) is 16.4. The fraction of sp³-hybridized carbons (Fsp3) is 0.190. The molecule has 65 heavy (non-hydrogen) atoms. The summed E-state index contributed by atoms with van der Waals surface area (Å²) in [6.45, 7) is 16.0. The van der Waals surface area contributed by atoms with Crippen LogP contribution >= 0.6 is 0 Å². The molecule has 0 radical (unpaired) electrons. The van der Waals surface area contributed by atoms with Gasteiger partial charge in [-0.2, -0.15) is 0 Å². The van der Waals surface area contributed by atoms with Crippen LogP contribution in [0.15, 0.2) is 164 Å². The van der Waals surface area contributed by atoms with Gasteiger partial charge >= 0.3 is 0 Å². The van der Waals surface area contributed by atoms with Gasteiger partial charge in [0.2, 0.25) is 0 Å². The smallest absolute Gasteiger partial charge is 0.137 e. The number of nitrogens with zero attached hydrogens (tertiary/aromatic N) is 4. The van der Waals surface area contributed by atoms with Gasteiger partial charge in [0.25, 0.3) is 0 Å². The molecular formula is C58H52F2N4O. The minimum atomic E-state index is -0.589. The number of ether oxygens (including phenoxy) is 1. The second-order valence-electron chi connectivity index (χ2n) is 18.8. The zero-order chi connectivity index (χ0) is 45.1. The molecule has 9 aromatic rings. The molecule has 0 amide bonds. The molecular weight excluding hydrogens is 807 g/mol. The fourth-order valence-electron chi connectivity index (χ4n) is 9.40. The predicted octanol–water partition coefficient (Wildman–Crippen LogP) is 16.4. The number of benzene rings is 7. The van der Waals surface area contributed by atoms with Crippen LogP contribution in [-0.4, -0.2) is 16.2 Å². The Morgan fingerprint density at radius 1 is 0.538 bits per heavy atom. The van der Waals surface area contributed by atoms with Crippen molar-refractivity contribution in [2.75, 3.05) is 16.5 Å². The third kappa shape index (κ3) is 7.79. The molecule has 5 nitrogen and oxygen atoms in total. The summed E-state index contributed by atoms with van der Waals surface area (Å²) in [7, 11) is 0. The maximum absolute atomic E-state index is 14.6. The first kappa shape index (κ1) is 41.7. The van der Waals surface area contributed by atoms with E-state index in [0.717, 1.165) is 84.3 Å². The molecule has 2 aromatic heterocycles. The van der Waals surface area contributed by atoms with Gasteiger partial charge in [-0.1, -0.05) is 109 Å². The molecule has 0 atom stereocenters. The monoisotopic (exact) mass is 858 g/mol. The zero-order valence-corrected chi connectivity index (χ0v) is 37.9. The SMILES string of the molecule is CC(C)c1cc(-c2cc(F)cc(F)c2)cc(C(C)C)c1N1CN(c2cc(Oc3ccc4c5ccccc5n(-c5ccccn5)c4c3)cc(-c3cccc(C(C)(C)C)c3)c2)c2ccccc21. The van der Waals surface area contributed by atoms with Crippen LogP contribution in [0, 0.1) is 11.6 Å². The van der Waals surface area contributed by atoms with Gasteiger partial charge in [-0.25, -0.2) is 13.8 Å². The van der Waals surface area contributed by atoms with Crippen LogP contribution in [-0.2, 0) is 5.41 Å². The lowest BCUT2D eigenvalue weighted by Gasteiger charge is -2.30. The largest absolute Gasteiger partial charge is 0.457 e.